The van der Waals surface area contributed by atoms with Crippen molar-refractivity contribution in [2.45, 2.75) is 13.5 Å². The Labute approximate surface area is 145 Å². The van der Waals surface area contributed by atoms with Crippen LogP contribution in [0.1, 0.15) is 22.8 Å². The third kappa shape index (κ3) is 4.52. The summed E-state index contributed by atoms with van der Waals surface area (Å²) >= 11 is 5.19. The molecule has 0 aromatic heterocycles. The Hall–Kier alpha value is -2.47. The van der Waals surface area contributed by atoms with Crippen LogP contribution >= 0.6 is 12.2 Å². The van der Waals surface area contributed by atoms with Crippen LogP contribution in [0.3, 0.4) is 0 Å². The molecule has 5 nitrogen and oxygen atoms in total. The minimum atomic E-state index is -0.585. The molecule has 0 aliphatic heterocycles. The van der Waals surface area contributed by atoms with E-state index in [1.54, 1.807) is 49.4 Å². The van der Waals surface area contributed by atoms with Crippen molar-refractivity contribution >= 4 is 29.0 Å². The van der Waals surface area contributed by atoms with E-state index in [0.717, 1.165) is 5.56 Å². The molecule has 0 saturated heterocycles. The normalized spacial score (nSPS) is 16.3. The number of benzene rings is 1. The largest absolute Gasteiger partial charge is 0.497 e. The van der Waals surface area contributed by atoms with Gasteiger partial charge in [-0.1, -0.05) is 30.4 Å². The average molecular weight is 346 g/mol. The fraction of sp³-hybridized carbons (Fsp3) is 0.278. The number of rotatable bonds is 6. The molecule has 0 N–H and O–H groups in total. The number of carbonyl (C=O) groups excluding carboxylic acids is 2. The number of methoxy groups -OCH3 is 1. The van der Waals surface area contributed by atoms with Crippen molar-refractivity contribution in [1.29, 1.82) is 0 Å². The summed E-state index contributed by atoms with van der Waals surface area (Å²) in [5.74, 6) is -0.770. The molecule has 0 saturated carbocycles. The Kier molecular flexibility index (Phi) is 6.26. The maximum absolute atomic E-state index is 12.1. The van der Waals surface area contributed by atoms with E-state index >= 15 is 0 Å². The van der Waals surface area contributed by atoms with E-state index in [0.29, 0.717) is 22.8 Å². The molecule has 1 atom stereocenters. The van der Waals surface area contributed by atoms with Crippen molar-refractivity contribution in [2.75, 3.05) is 13.7 Å². The smallest absolute Gasteiger partial charge is 0.338 e. The van der Waals surface area contributed by atoms with Gasteiger partial charge >= 0.3 is 11.9 Å². The average Bonchev–Trinajstić information content (AvgIpc) is 2.60. The lowest BCUT2D eigenvalue weighted by molar-refractivity contribution is -0.146. The molecular formula is C18H18O5S. The van der Waals surface area contributed by atoms with Crippen molar-refractivity contribution in [1.82, 2.24) is 0 Å². The second-order valence-corrected chi connectivity index (χ2v) is 5.49. The molecular weight excluding hydrogens is 328 g/mol. The van der Waals surface area contributed by atoms with Crippen LogP contribution in [0.25, 0.3) is 0 Å². The molecule has 0 heterocycles. The van der Waals surface area contributed by atoms with E-state index in [1.807, 2.05) is 0 Å². The molecule has 0 amide bonds. The van der Waals surface area contributed by atoms with Crippen LogP contribution in [0.2, 0.25) is 0 Å². The summed E-state index contributed by atoms with van der Waals surface area (Å²) in [4.78, 5) is 24.2. The van der Waals surface area contributed by atoms with Gasteiger partial charge in [0, 0.05) is 4.86 Å². The van der Waals surface area contributed by atoms with Crippen molar-refractivity contribution in [3.63, 3.8) is 0 Å². The van der Waals surface area contributed by atoms with E-state index in [4.69, 9.17) is 26.4 Å². The highest BCUT2D eigenvalue weighted by Crippen LogP contribution is 2.17. The quantitative estimate of drug-likeness (QED) is 0.583. The topological polar surface area (TPSA) is 61.8 Å². The Bertz CT molecular complexity index is 688. The number of hydrogen-bond donors (Lipinski definition) is 0. The van der Waals surface area contributed by atoms with Gasteiger partial charge in [-0.25, -0.2) is 4.79 Å². The monoisotopic (exact) mass is 346 g/mol. The zero-order valence-electron chi connectivity index (χ0n) is 13.5. The van der Waals surface area contributed by atoms with Gasteiger partial charge in [-0.2, -0.15) is 0 Å². The van der Waals surface area contributed by atoms with Gasteiger partial charge < -0.3 is 14.2 Å². The second kappa shape index (κ2) is 8.40. The molecule has 0 fully saturated rings. The first-order valence-electron chi connectivity index (χ1n) is 7.45. The summed E-state index contributed by atoms with van der Waals surface area (Å²) in [7, 11) is 1.54. The number of ether oxygens (including phenoxy) is 3. The molecule has 0 spiro atoms. The van der Waals surface area contributed by atoms with Crippen molar-refractivity contribution in [3.8, 4) is 0 Å². The fourth-order valence-electron chi connectivity index (χ4n) is 2.08. The summed E-state index contributed by atoms with van der Waals surface area (Å²) < 4.78 is 15.3. The molecule has 1 aliphatic rings. The van der Waals surface area contributed by atoms with Crippen LogP contribution in [0.4, 0.5) is 0 Å². The molecule has 1 aromatic carbocycles. The summed E-state index contributed by atoms with van der Waals surface area (Å²) in [5, 5.41) is 0. The molecule has 0 radical (unpaired) electrons. The zero-order valence-corrected chi connectivity index (χ0v) is 14.3. The van der Waals surface area contributed by atoms with E-state index < -0.39 is 11.9 Å². The molecule has 0 bridgehead atoms. The predicted octanol–water partition coefficient (Wildman–Crippen LogP) is 2.99. The van der Waals surface area contributed by atoms with E-state index in [9.17, 15) is 9.59 Å². The number of thiocarbonyl (C=S) groups is 1. The lowest BCUT2D eigenvalue weighted by atomic mass is 10.00. The molecule has 2 rings (SSSR count). The van der Waals surface area contributed by atoms with E-state index in [1.165, 1.54) is 7.11 Å². The highest BCUT2D eigenvalue weighted by Gasteiger charge is 2.24. The third-order valence-corrected chi connectivity index (χ3v) is 3.75. The van der Waals surface area contributed by atoms with E-state index in [2.05, 4.69) is 0 Å². The van der Waals surface area contributed by atoms with Crippen LogP contribution in [-0.4, -0.2) is 30.5 Å². The van der Waals surface area contributed by atoms with Gasteiger partial charge in [0.1, 0.15) is 18.3 Å². The summed E-state index contributed by atoms with van der Waals surface area (Å²) in [5.41, 5.74) is 1.23. The van der Waals surface area contributed by atoms with Gasteiger partial charge in [0.2, 0.25) is 0 Å². The lowest BCUT2D eigenvalue weighted by Crippen LogP contribution is -2.24. The first-order chi connectivity index (χ1) is 11.5. The van der Waals surface area contributed by atoms with Crippen LogP contribution in [0.5, 0.6) is 0 Å². The first-order valence-corrected chi connectivity index (χ1v) is 7.86. The van der Waals surface area contributed by atoms with Crippen LogP contribution < -0.4 is 0 Å². The van der Waals surface area contributed by atoms with Gasteiger partial charge in [0.25, 0.3) is 0 Å². The number of hydrogen-bond acceptors (Lipinski definition) is 6. The Morgan fingerprint density at radius 3 is 2.46 bits per heavy atom. The summed E-state index contributed by atoms with van der Waals surface area (Å²) in [6.07, 6.45) is 4.98. The third-order valence-electron chi connectivity index (χ3n) is 3.38. The predicted molar refractivity (Wildman–Crippen MR) is 92.5 cm³/mol. The Morgan fingerprint density at radius 2 is 1.88 bits per heavy atom. The van der Waals surface area contributed by atoms with Crippen LogP contribution in [0.15, 0.2) is 48.3 Å². The van der Waals surface area contributed by atoms with Gasteiger partial charge in [0.15, 0.2) is 0 Å². The maximum Gasteiger partial charge on any atom is 0.338 e. The lowest BCUT2D eigenvalue weighted by Gasteiger charge is -2.16. The Balaban J connectivity index is 1.90. The number of carbonyl (C=O) groups is 2. The second-order valence-electron chi connectivity index (χ2n) is 5.02. The highest BCUT2D eigenvalue weighted by atomic mass is 32.1. The van der Waals surface area contributed by atoms with Gasteiger partial charge in [0.05, 0.1) is 19.3 Å². The molecule has 126 valence electrons. The molecule has 24 heavy (non-hydrogen) atoms. The van der Waals surface area contributed by atoms with Crippen molar-refractivity contribution in [2.24, 2.45) is 5.92 Å². The molecule has 6 heteroatoms. The van der Waals surface area contributed by atoms with E-state index in [-0.39, 0.29) is 12.6 Å². The highest BCUT2D eigenvalue weighted by molar-refractivity contribution is 7.80. The maximum atomic E-state index is 12.1. The fourth-order valence-corrected chi connectivity index (χ4v) is 2.37. The molecule has 1 unspecified atom stereocenters. The zero-order chi connectivity index (χ0) is 17.5. The standard InChI is InChI=1S/C18H18O5S/c1-3-22-17(19)13-6-4-12(5-7-13)11-23-18(20)15-9-8-14(21-2)10-16(15)24/h4-10,15H,3,11H2,1-2H3. The minimum absolute atomic E-state index is 0.107. The molecule has 1 aliphatic carbocycles. The van der Waals surface area contributed by atoms with Crippen LogP contribution in [0, 0.1) is 5.92 Å². The van der Waals surface area contributed by atoms with Crippen LogP contribution in [-0.2, 0) is 25.6 Å². The van der Waals surface area contributed by atoms with Gasteiger partial charge in [-0.15, -0.1) is 0 Å². The summed E-state index contributed by atoms with van der Waals surface area (Å²) in [6.45, 7) is 2.18. The Morgan fingerprint density at radius 1 is 1.17 bits per heavy atom. The first kappa shape index (κ1) is 17.9. The SMILES string of the molecule is CCOC(=O)c1ccc(COC(=O)C2C=CC(OC)=CC2=S)cc1. The molecule has 1 aromatic rings. The minimum Gasteiger partial charge on any atom is -0.497 e. The van der Waals surface area contributed by atoms with Crippen molar-refractivity contribution in [3.05, 3.63) is 59.4 Å². The van der Waals surface area contributed by atoms with Crippen molar-refractivity contribution < 1.29 is 23.8 Å². The number of esters is 2. The summed E-state index contributed by atoms with van der Waals surface area (Å²) in [6, 6.07) is 6.72. The van der Waals surface area contributed by atoms with Gasteiger partial charge in [-0.05, 0) is 36.8 Å². The van der Waals surface area contributed by atoms with Gasteiger partial charge in [-0.3, -0.25) is 4.79 Å². The number of allylic oxidation sites excluding steroid dienone is 2.